The average molecular weight is 238 g/mol. The van der Waals surface area contributed by atoms with Crippen molar-refractivity contribution in [3.63, 3.8) is 0 Å². The van der Waals surface area contributed by atoms with Gasteiger partial charge in [-0.05, 0) is 12.5 Å². The summed E-state index contributed by atoms with van der Waals surface area (Å²) in [6.45, 7) is 4.67. The van der Waals surface area contributed by atoms with E-state index >= 15 is 0 Å². The topological polar surface area (TPSA) is 41.1 Å². The summed E-state index contributed by atoms with van der Waals surface area (Å²) in [6.07, 6.45) is 0.807. The Bertz CT molecular complexity index is 368. The molecule has 0 saturated heterocycles. The second-order valence-electron chi connectivity index (χ2n) is 3.92. The monoisotopic (exact) mass is 238 g/mol. The lowest BCUT2D eigenvalue weighted by molar-refractivity contribution is -0.118. The fourth-order valence-electron chi connectivity index (χ4n) is 1.72. The van der Waals surface area contributed by atoms with E-state index in [4.69, 9.17) is 0 Å². The molecule has 1 aromatic rings. The van der Waals surface area contributed by atoms with Crippen molar-refractivity contribution in [3.05, 3.63) is 35.6 Å². The van der Waals surface area contributed by atoms with Crippen LogP contribution >= 0.6 is 0 Å². The summed E-state index contributed by atoms with van der Waals surface area (Å²) in [6, 6.07) is 6.76. The zero-order valence-electron chi connectivity index (χ0n) is 10.3. The van der Waals surface area contributed by atoms with Crippen molar-refractivity contribution in [1.82, 2.24) is 10.6 Å². The first-order valence-corrected chi connectivity index (χ1v) is 5.87. The van der Waals surface area contributed by atoms with Crippen LogP contribution in [0.3, 0.4) is 0 Å². The second-order valence-corrected chi connectivity index (χ2v) is 3.92. The van der Waals surface area contributed by atoms with Gasteiger partial charge < -0.3 is 10.6 Å². The minimum absolute atomic E-state index is 0.00930. The van der Waals surface area contributed by atoms with Gasteiger partial charge in [-0.1, -0.05) is 25.1 Å². The maximum atomic E-state index is 13.6. The van der Waals surface area contributed by atoms with E-state index in [9.17, 15) is 9.18 Å². The number of rotatable bonds is 6. The van der Waals surface area contributed by atoms with Crippen molar-refractivity contribution in [3.8, 4) is 0 Å². The van der Waals surface area contributed by atoms with Gasteiger partial charge in [0.1, 0.15) is 5.82 Å². The Hall–Kier alpha value is -1.42. The van der Waals surface area contributed by atoms with Crippen LogP contribution in [-0.4, -0.2) is 19.0 Å². The number of carbonyl (C=O) groups excluding carboxylic acids is 1. The largest absolute Gasteiger partial charge is 0.355 e. The highest BCUT2D eigenvalue weighted by molar-refractivity contribution is 5.72. The number of benzene rings is 1. The Morgan fingerprint density at radius 3 is 2.65 bits per heavy atom. The minimum atomic E-state index is -0.189. The highest BCUT2D eigenvalue weighted by Crippen LogP contribution is 2.19. The molecule has 1 rings (SSSR count). The Kier molecular flexibility index (Phi) is 5.63. The number of halogens is 1. The van der Waals surface area contributed by atoms with Crippen LogP contribution in [0.25, 0.3) is 0 Å². The van der Waals surface area contributed by atoms with Gasteiger partial charge in [0.15, 0.2) is 0 Å². The molecule has 0 bridgehead atoms. The molecule has 2 N–H and O–H groups in total. The third-order valence-corrected chi connectivity index (χ3v) is 2.58. The van der Waals surface area contributed by atoms with Crippen LogP contribution in [0.5, 0.6) is 0 Å². The molecule has 0 aliphatic rings. The molecule has 1 atom stereocenters. The van der Waals surface area contributed by atoms with E-state index < -0.39 is 0 Å². The first kappa shape index (κ1) is 13.6. The fraction of sp³-hybridized carbons (Fsp3) is 0.462. The summed E-state index contributed by atoms with van der Waals surface area (Å²) in [5, 5.41) is 5.92. The van der Waals surface area contributed by atoms with Crippen molar-refractivity contribution >= 4 is 5.91 Å². The Balaban J connectivity index is 2.49. The molecule has 0 spiro atoms. The van der Waals surface area contributed by atoms with Crippen molar-refractivity contribution in [2.24, 2.45) is 0 Å². The Labute approximate surface area is 101 Å². The lowest BCUT2D eigenvalue weighted by Gasteiger charge is -2.18. The molecule has 4 heteroatoms. The summed E-state index contributed by atoms with van der Waals surface area (Å²) in [5.41, 5.74) is 0.679. The van der Waals surface area contributed by atoms with Gasteiger partial charge in [-0.25, -0.2) is 4.39 Å². The summed E-state index contributed by atoms with van der Waals surface area (Å²) in [5.74, 6) is -0.239. The van der Waals surface area contributed by atoms with E-state index in [-0.39, 0.29) is 17.8 Å². The van der Waals surface area contributed by atoms with E-state index in [0.717, 1.165) is 6.42 Å². The lowest BCUT2D eigenvalue weighted by Crippen LogP contribution is -2.32. The van der Waals surface area contributed by atoms with Crippen LogP contribution in [0.2, 0.25) is 0 Å². The van der Waals surface area contributed by atoms with Crippen LogP contribution in [0, 0.1) is 5.82 Å². The highest BCUT2D eigenvalue weighted by Gasteiger charge is 2.12. The van der Waals surface area contributed by atoms with E-state index in [1.165, 1.54) is 13.0 Å². The van der Waals surface area contributed by atoms with Crippen molar-refractivity contribution in [2.75, 3.05) is 13.1 Å². The predicted molar refractivity (Wildman–Crippen MR) is 66.1 cm³/mol. The zero-order chi connectivity index (χ0) is 12.7. The molecule has 0 heterocycles. The first-order valence-electron chi connectivity index (χ1n) is 5.87. The minimum Gasteiger partial charge on any atom is -0.355 e. The highest BCUT2D eigenvalue weighted by atomic mass is 19.1. The average Bonchev–Trinajstić information content (AvgIpc) is 2.30. The maximum Gasteiger partial charge on any atom is 0.216 e. The quantitative estimate of drug-likeness (QED) is 0.744. The number of hydrogen-bond acceptors (Lipinski definition) is 2. The molecule has 0 aliphatic heterocycles. The van der Waals surface area contributed by atoms with Gasteiger partial charge in [-0.15, -0.1) is 0 Å². The number of nitrogens with one attached hydrogen (secondary N) is 2. The third kappa shape index (κ3) is 4.53. The lowest BCUT2D eigenvalue weighted by atomic mass is 10.0. The number of hydrogen-bond donors (Lipinski definition) is 2. The summed E-state index contributed by atoms with van der Waals surface area (Å²) < 4.78 is 13.6. The van der Waals surface area contributed by atoms with Crippen LogP contribution in [0.1, 0.15) is 31.9 Å². The normalized spacial score (nSPS) is 12.2. The molecule has 0 saturated carbocycles. The molecular weight excluding hydrogens is 219 g/mol. The Morgan fingerprint density at radius 1 is 1.35 bits per heavy atom. The van der Waals surface area contributed by atoms with Crippen LogP contribution in [0.4, 0.5) is 4.39 Å². The summed E-state index contributed by atoms with van der Waals surface area (Å²) in [4.78, 5) is 10.7. The summed E-state index contributed by atoms with van der Waals surface area (Å²) in [7, 11) is 0. The van der Waals surface area contributed by atoms with Crippen LogP contribution in [-0.2, 0) is 4.79 Å². The fourth-order valence-corrected chi connectivity index (χ4v) is 1.72. The smallest absolute Gasteiger partial charge is 0.216 e. The number of amides is 1. The predicted octanol–water partition coefficient (Wildman–Crippen LogP) is 2.00. The molecular formula is C13H19FN2O. The standard InChI is InChI=1S/C13H19FN2O/c1-3-13(16-9-8-15-10(2)17)11-6-4-5-7-12(11)14/h4-7,13,16H,3,8-9H2,1-2H3,(H,15,17). The maximum absolute atomic E-state index is 13.6. The van der Waals surface area contributed by atoms with Gasteiger partial charge in [0.2, 0.25) is 5.91 Å². The van der Waals surface area contributed by atoms with Crippen LogP contribution < -0.4 is 10.6 Å². The van der Waals surface area contributed by atoms with E-state index in [1.807, 2.05) is 13.0 Å². The Morgan fingerprint density at radius 2 is 2.06 bits per heavy atom. The molecule has 17 heavy (non-hydrogen) atoms. The molecule has 1 aromatic carbocycles. The number of carbonyl (C=O) groups is 1. The van der Waals surface area contributed by atoms with E-state index in [0.29, 0.717) is 18.7 Å². The molecule has 3 nitrogen and oxygen atoms in total. The molecule has 1 unspecified atom stereocenters. The molecule has 0 fully saturated rings. The van der Waals surface area contributed by atoms with Gasteiger partial charge in [-0.2, -0.15) is 0 Å². The first-order chi connectivity index (χ1) is 8.15. The van der Waals surface area contributed by atoms with Crippen LogP contribution in [0.15, 0.2) is 24.3 Å². The van der Waals surface area contributed by atoms with Crippen molar-refractivity contribution < 1.29 is 9.18 Å². The molecule has 94 valence electrons. The van der Waals surface area contributed by atoms with E-state index in [1.54, 1.807) is 12.1 Å². The van der Waals surface area contributed by atoms with Gasteiger partial charge in [0.25, 0.3) is 0 Å². The van der Waals surface area contributed by atoms with Crippen molar-refractivity contribution in [2.45, 2.75) is 26.3 Å². The van der Waals surface area contributed by atoms with Gasteiger partial charge >= 0.3 is 0 Å². The van der Waals surface area contributed by atoms with Gasteiger partial charge in [0.05, 0.1) is 0 Å². The second kappa shape index (κ2) is 7.01. The van der Waals surface area contributed by atoms with Crippen molar-refractivity contribution in [1.29, 1.82) is 0 Å². The molecule has 0 radical (unpaired) electrons. The molecule has 0 aromatic heterocycles. The summed E-state index contributed by atoms with van der Waals surface area (Å²) >= 11 is 0. The van der Waals surface area contributed by atoms with Gasteiger partial charge in [-0.3, -0.25) is 4.79 Å². The van der Waals surface area contributed by atoms with E-state index in [2.05, 4.69) is 10.6 Å². The SMILES string of the molecule is CCC(NCCNC(C)=O)c1ccccc1F. The van der Waals surface area contributed by atoms with Gasteiger partial charge in [0, 0.05) is 31.6 Å². The zero-order valence-corrected chi connectivity index (χ0v) is 10.3. The molecule has 1 amide bonds. The third-order valence-electron chi connectivity index (χ3n) is 2.58. The molecule has 0 aliphatic carbocycles.